The molecule has 30 heavy (non-hydrogen) atoms. The van der Waals surface area contributed by atoms with E-state index in [-0.39, 0.29) is 0 Å². The summed E-state index contributed by atoms with van der Waals surface area (Å²) >= 11 is 3.53. The van der Waals surface area contributed by atoms with E-state index in [0.717, 1.165) is 18.2 Å². The number of rotatable bonds is 22. The molecule has 0 aliphatic carbocycles. The first-order valence-corrected chi connectivity index (χ1v) is 14.3. The van der Waals surface area contributed by atoms with Crippen molar-refractivity contribution in [2.75, 3.05) is 5.33 Å². The SMILES string of the molecule is CCCCCCCCC(CCCCCCCC)C(CCCCCBr)C(C)(C)C(=O)O. The van der Waals surface area contributed by atoms with Crippen LogP contribution in [0.25, 0.3) is 0 Å². The van der Waals surface area contributed by atoms with E-state index in [1.165, 1.54) is 103 Å². The highest BCUT2D eigenvalue weighted by Gasteiger charge is 2.40. The van der Waals surface area contributed by atoms with Crippen LogP contribution in [0.4, 0.5) is 0 Å². The average molecular weight is 490 g/mol. The summed E-state index contributed by atoms with van der Waals surface area (Å²) in [5.74, 6) is 0.262. The van der Waals surface area contributed by atoms with E-state index in [1.807, 2.05) is 13.8 Å². The highest BCUT2D eigenvalue weighted by molar-refractivity contribution is 9.09. The van der Waals surface area contributed by atoms with E-state index >= 15 is 0 Å². The zero-order valence-corrected chi connectivity index (χ0v) is 22.4. The summed E-state index contributed by atoms with van der Waals surface area (Å²) in [4.78, 5) is 12.1. The minimum absolute atomic E-state index is 0.302. The lowest BCUT2D eigenvalue weighted by molar-refractivity contribution is -0.152. The molecule has 0 bridgehead atoms. The monoisotopic (exact) mass is 488 g/mol. The maximum atomic E-state index is 12.1. The smallest absolute Gasteiger partial charge is 0.309 e. The topological polar surface area (TPSA) is 37.3 Å². The molecule has 0 aromatic heterocycles. The zero-order chi connectivity index (χ0) is 22.7. The summed E-state index contributed by atoms with van der Waals surface area (Å²) in [6.07, 6.45) is 23.0. The van der Waals surface area contributed by atoms with Gasteiger partial charge in [-0.3, -0.25) is 4.79 Å². The van der Waals surface area contributed by atoms with Crippen LogP contribution in [-0.4, -0.2) is 16.4 Å². The van der Waals surface area contributed by atoms with Gasteiger partial charge < -0.3 is 5.11 Å². The molecule has 180 valence electrons. The minimum Gasteiger partial charge on any atom is -0.481 e. The number of aliphatic carboxylic acids is 1. The number of alkyl halides is 1. The van der Waals surface area contributed by atoms with Gasteiger partial charge in [-0.25, -0.2) is 0 Å². The molecule has 0 amide bonds. The first kappa shape index (κ1) is 29.9. The standard InChI is InChI=1S/C27H53BrO2/c1-5-7-9-11-13-16-20-24(21-17-14-12-10-8-6-2)25(22-18-15-19-23-28)27(3,4)26(29)30/h24-25H,5-23H2,1-4H3,(H,29,30). The molecule has 0 fully saturated rings. The molecule has 3 heteroatoms. The van der Waals surface area contributed by atoms with Crippen LogP contribution in [0.1, 0.15) is 143 Å². The third kappa shape index (κ3) is 14.1. The molecular weight excluding hydrogens is 436 g/mol. The number of carboxylic acids is 1. The summed E-state index contributed by atoms with van der Waals surface area (Å²) < 4.78 is 0. The first-order chi connectivity index (χ1) is 14.4. The summed E-state index contributed by atoms with van der Waals surface area (Å²) in [7, 11) is 0. The molecule has 0 aliphatic heterocycles. The van der Waals surface area contributed by atoms with Gasteiger partial charge in [0.2, 0.25) is 0 Å². The van der Waals surface area contributed by atoms with E-state index in [9.17, 15) is 9.90 Å². The summed E-state index contributed by atoms with van der Waals surface area (Å²) in [5, 5.41) is 11.0. The van der Waals surface area contributed by atoms with Crippen molar-refractivity contribution in [2.45, 2.75) is 143 Å². The molecule has 0 rings (SSSR count). The number of carbonyl (C=O) groups is 1. The first-order valence-electron chi connectivity index (χ1n) is 13.2. The van der Waals surface area contributed by atoms with Crippen LogP contribution in [0.5, 0.6) is 0 Å². The van der Waals surface area contributed by atoms with Crippen LogP contribution in [0, 0.1) is 17.3 Å². The number of halogens is 1. The van der Waals surface area contributed by atoms with Crippen molar-refractivity contribution in [2.24, 2.45) is 17.3 Å². The Labute approximate surface area is 197 Å². The van der Waals surface area contributed by atoms with Crippen molar-refractivity contribution in [1.29, 1.82) is 0 Å². The van der Waals surface area contributed by atoms with Gasteiger partial charge in [0.05, 0.1) is 5.41 Å². The Hall–Kier alpha value is -0.0500. The molecule has 0 aliphatic rings. The fourth-order valence-corrected chi connectivity index (χ4v) is 5.30. The Morgan fingerprint density at radius 2 is 1.10 bits per heavy atom. The Bertz CT molecular complexity index is 378. The van der Waals surface area contributed by atoms with Gasteiger partial charge in [0, 0.05) is 5.33 Å². The highest BCUT2D eigenvalue weighted by Crippen LogP contribution is 2.41. The maximum absolute atomic E-state index is 12.1. The summed E-state index contributed by atoms with van der Waals surface area (Å²) in [6, 6.07) is 0. The molecule has 1 N–H and O–H groups in total. The fraction of sp³-hybridized carbons (Fsp3) is 0.963. The van der Waals surface area contributed by atoms with E-state index in [0.29, 0.717) is 11.8 Å². The molecule has 1 unspecified atom stereocenters. The second-order valence-electron chi connectivity index (χ2n) is 10.0. The molecule has 2 nitrogen and oxygen atoms in total. The van der Waals surface area contributed by atoms with E-state index in [4.69, 9.17) is 0 Å². The third-order valence-corrected chi connectivity index (χ3v) is 7.61. The number of hydrogen-bond acceptors (Lipinski definition) is 1. The lowest BCUT2D eigenvalue weighted by Crippen LogP contribution is -2.37. The molecule has 0 aromatic carbocycles. The molecule has 0 radical (unpaired) electrons. The second kappa shape index (κ2) is 19.6. The highest BCUT2D eigenvalue weighted by atomic mass is 79.9. The van der Waals surface area contributed by atoms with Crippen molar-refractivity contribution in [3.05, 3.63) is 0 Å². The van der Waals surface area contributed by atoms with E-state index < -0.39 is 11.4 Å². The molecule has 0 spiro atoms. The van der Waals surface area contributed by atoms with Crippen LogP contribution in [0.15, 0.2) is 0 Å². The Morgan fingerprint density at radius 3 is 1.53 bits per heavy atom. The van der Waals surface area contributed by atoms with Gasteiger partial charge in [-0.2, -0.15) is 0 Å². The van der Waals surface area contributed by atoms with Gasteiger partial charge >= 0.3 is 5.97 Å². The van der Waals surface area contributed by atoms with E-state index in [2.05, 4.69) is 29.8 Å². The molecule has 0 saturated carbocycles. The number of carboxylic acid groups (broad SMARTS) is 1. The van der Waals surface area contributed by atoms with Crippen molar-refractivity contribution >= 4 is 21.9 Å². The summed E-state index contributed by atoms with van der Waals surface area (Å²) in [6.45, 7) is 8.51. The van der Waals surface area contributed by atoms with Gasteiger partial charge in [-0.1, -0.05) is 133 Å². The van der Waals surface area contributed by atoms with Crippen LogP contribution in [-0.2, 0) is 4.79 Å². The van der Waals surface area contributed by atoms with Crippen molar-refractivity contribution in [3.8, 4) is 0 Å². The van der Waals surface area contributed by atoms with Gasteiger partial charge in [0.25, 0.3) is 0 Å². The normalized spacial score (nSPS) is 13.1. The second-order valence-corrected chi connectivity index (χ2v) is 10.8. The van der Waals surface area contributed by atoms with Crippen molar-refractivity contribution in [3.63, 3.8) is 0 Å². The van der Waals surface area contributed by atoms with Gasteiger partial charge in [-0.15, -0.1) is 0 Å². The zero-order valence-electron chi connectivity index (χ0n) is 20.8. The van der Waals surface area contributed by atoms with E-state index in [1.54, 1.807) is 0 Å². The number of hydrogen-bond donors (Lipinski definition) is 1. The average Bonchev–Trinajstić information content (AvgIpc) is 2.71. The van der Waals surface area contributed by atoms with Gasteiger partial charge in [-0.05, 0) is 38.5 Å². The largest absolute Gasteiger partial charge is 0.481 e. The van der Waals surface area contributed by atoms with Crippen LogP contribution >= 0.6 is 15.9 Å². The van der Waals surface area contributed by atoms with Gasteiger partial charge in [0.1, 0.15) is 0 Å². The minimum atomic E-state index is -0.622. The molecule has 0 saturated heterocycles. The molecule has 0 aromatic rings. The third-order valence-electron chi connectivity index (χ3n) is 7.05. The molecular formula is C27H53BrO2. The van der Waals surface area contributed by atoms with Crippen LogP contribution in [0.2, 0.25) is 0 Å². The van der Waals surface area contributed by atoms with Crippen molar-refractivity contribution in [1.82, 2.24) is 0 Å². The predicted molar refractivity (Wildman–Crippen MR) is 137 cm³/mol. The van der Waals surface area contributed by atoms with Crippen LogP contribution in [0.3, 0.4) is 0 Å². The fourth-order valence-electron chi connectivity index (χ4n) is 4.90. The molecule has 0 heterocycles. The Morgan fingerprint density at radius 1 is 0.700 bits per heavy atom. The lowest BCUT2D eigenvalue weighted by atomic mass is 9.66. The van der Waals surface area contributed by atoms with Gasteiger partial charge in [0.15, 0.2) is 0 Å². The Kier molecular flexibility index (Phi) is 19.6. The van der Waals surface area contributed by atoms with Crippen molar-refractivity contribution < 1.29 is 9.90 Å². The van der Waals surface area contributed by atoms with Crippen LogP contribution < -0.4 is 0 Å². The number of unbranched alkanes of at least 4 members (excludes halogenated alkanes) is 12. The quantitative estimate of drug-likeness (QED) is 0.121. The maximum Gasteiger partial charge on any atom is 0.309 e. The summed E-state index contributed by atoms with van der Waals surface area (Å²) in [5.41, 5.74) is -0.622. The molecule has 1 atom stereocenters. The predicted octanol–water partition coefficient (Wildman–Crippen LogP) is 9.79. The lowest BCUT2D eigenvalue weighted by Gasteiger charge is -2.37. The Balaban J connectivity index is 4.93.